The van der Waals surface area contributed by atoms with E-state index >= 15 is 0 Å². The number of carboxylic acids is 1. The molecule has 0 spiro atoms. The van der Waals surface area contributed by atoms with Crippen LogP contribution in [0, 0.1) is 16.7 Å². The highest BCUT2D eigenvalue weighted by Crippen LogP contribution is 2.64. The summed E-state index contributed by atoms with van der Waals surface area (Å²) < 4.78 is 0. The van der Waals surface area contributed by atoms with Crippen LogP contribution in [0.1, 0.15) is 37.6 Å². The molecule has 1 fully saturated rings. The first-order valence-corrected chi connectivity index (χ1v) is 7.09. The quantitative estimate of drug-likeness (QED) is 0.846. The van der Waals surface area contributed by atoms with Crippen molar-refractivity contribution in [3.8, 4) is 0 Å². The van der Waals surface area contributed by atoms with Gasteiger partial charge in [-0.15, -0.1) is 0 Å². The molecule has 0 radical (unpaired) electrons. The maximum Gasteiger partial charge on any atom is 0.310 e. The SMILES string of the molecule is CC(C)(C)C1(C(=O)O)CC1C(=O)c1ccc(Cl)c(Cl)c1. The van der Waals surface area contributed by atoms with Crippen LogP contribution in [0.2, 0.25) is 10.0 Å². The van der Waals surface area contributed by atoms with Gasteiger partial charge in [0.05, 0.1) is 15.5 Å². The molecule has 0 heterocycles. The maximum atomic E-state index is 12.5. The van der Waals surface area contributed by atoms with Crippen LogP contribution >= 0.6 is 23.2 Å². The molecular weight excluding hydrogens is 299 g/mol. The highest BCUT2D eigenvalue weighted by molar-refractivity contribution is 6.42. The van der Waals surface area contributed by atoms with Gasteiger partial charge in [0.2, 0.25) is 0 Å². The Morgan fingerprint density at radius 2 is 1.85 bits per heavy atom. The number of aliphatic carboxylic acids is 1. The van der Waals surface area contributed by atoms with E-state index in [9.17, 15) is 14.7 Å². The van der Waals surface area contributed by atoms with Crippen LogP contribution in [0.4, 0.5) is 0 Å². The summed E-state index contributed by atoms with van der Waals surface area (Å²) in [6.07, 6.45) is 0.366. The van der Waals surface area contributed by atoms with E-state index in [1.807, 2.05) is 20.8 Å². The van der Waals surface area contributed by atoms with E-state index in [0.29, 0.717) is 22.0 Å². The molecule has 1 aromatic rings. The highest BCUT2D eigenvalue weighted by atomic mass is 35.5. The van der Waals surface area contributed by atoms with E-state index < -0.39 is 22.7 Å². The molecule has 0 amide bonds. The van der Waals surface area contributed by atoms with Crippen molar-refractivity contribution in [1.82, 2.24) is 0 Å². The Morgan fingerprint density at radius 3 is 2.25 bits per heavy atom. The van der Waals surface area contributed by atoms with Gasteiger partial charge in [0.25, 0.3) is 0 Å². The normalized spacial score (nSPS) is 25.4. The molecule has 0 saturated heterocycles. The van der Waals surface area contributed by atoms with Gasteiger partial charge in [-0.2, -0.15) is 0 Å². The molecule has 2 rings (SSSR count). The van der Waals surface area contributed by atoms with Crippen LogP contribution in [-0.2, 0) is 4.79 Å². The number of benzene rings is 1. The second-order valence-corrected chi connectivity index (χ2v) is 7.09. The molecule has 0 aromatic heterocycles. The van der Waals surface area contributed by atoms with Crippen molar-refractivity contribution in [2.45, 2.75) is 27.2 Å². The zero-order valence-electron chi connectivity index (χ0n) is 11.5. The van der Waals surface area contributed by atoms with Crippen LogP contribution in [0.25, 0.3) is 0 Å². The number of hydrogen-bond donors (Lipinski definition) is 1. The van der Waals surface area contributed by atoms with Crippen molar-refractivity contribution in [1.29, 1.82) is 0 Å². The molecule has 2 unspecified atom stereocenters. The highest BCUT2D eigenvalue weighted by Gasteiger charge is 2.69. The number of hydrogen-bond acceptors (Lipinski definition) is 2. The lowest BCUT2D eigenvalue weighted by Gasteiger charge is -2.28. The molecule has 108 valence electrons. The maximum absolute atomic E-state index is 12.5. The molecule has 0 aliphatic heterocycles. The molecule has 5 heteroatoms. The molecule has 1 aliphatic carbocycles. The third-order valence-corrected chi connectivity index (χ3v) is 4.94. The van der Waals surface area contributed by atoms with Crippen molar-refractivity contribution in [2.75, 3.05) is 0 Å². The van der Waals surface area contributed by atoms with Crippen LogP contribution in [0.5, 0.6) is 0 Å². The summed E-state index contributed by atoms with van der Waals surface area (Å²) in [5, 5.41) is 10.2. The van der Waals surface area contributed by atoms with Crippen LogP contribution < -0.4 is 0 Å². The lowest BCUT2D eigenvalue weighted by molar-refractivity contribution is -0.148. The van der Waals surface area contributed by atoms with Gasteiger partial charge >= 0.3 is 5.97 Å². The molecule has 2 atom stereocenters. The zero-order chi connectivity index (χ0) is 15.3. The summed E-state index contributed by atoms with van der Waals surface area (Å²) in [5.41, 5.74) is -1.05. The fourth-order valence-electron chi connectivity index (χ4n) is 2.82. The molecule has 1 saturated carbocycles. The van der Waals surface area contributed by atoms with Crippen molar-refractivity contribution in [3.63, 3.8) is 0 Å². The predicted molar refractivity (Wildman–Crippen MR) is 78.4 cm³/mol. The number of carboxylic acid groups (broad SMARTS) is 1. The number of Topliss-reactive ketones (excluding diaryl/α,β-unsaturated/α-hetero) is 1. The van der Waals surface area contributed by atoms with E-state index in [1.165, 1.54) is 6.07 Å². The van der Waals surface area contributed by atoms with Gasteiger partial charge in [-0.05, 0) is 30.0 Å². The van der Waals surface area contributed by atoms with E-state index in [2.05, 4.69) is 0 Å². The lowest BCUT2D eigenvalue weighted by Crippen LogP contribution is -2.34. The average molecular weight is 315 g/mol. The number of rotatable bonds is 3. The molecular formula is C15H16Cl2O3. The Morgan fingerprint density at radius 1 is 1.25 bits per heavy atom. The molecule has 0 bridgehead atoms. The Bertz CT molecular complexity index is 589. The van der Waals surface area contributed by atoms with Gasteiger partial charge in [-0.1, -0.05) is 44.0 Å². The van der Waals surface area contributed by atoms with Crippen molar-refractivity contribution < 1.29 is 14.7 Å². The van der Waals surface area contributed by atoms with Crippen LogP contribution in [0.15, 0.2) is 18.2 Å². The van der Waals surface area contributed by atoms with Crippen molar-refractivity contribution in [2.24, 2.45) is 16.7 Å². The number of ketones is 1. The van der Waals surface area contributed by atoms with Gasteiger partial charge in [0.15, 0.2) is 5.78 Å². The largest absolute Gasteiger partial charge is 0.481 e. The zero-order valence-corrected chi connectivity index (χ0v) is 13.0. The number of carbonyl (C=O) groups excluding carboxylic acids is 1. The molecule has 1 aromatic carbocycles. The minimum absolute atomic E-state index is 0.180. The fourth-order valence-corrected chi connectivity index (χ4v) is 3.11. The first-order chi connectivity index (χ1) is 9.11. The minimum Gasteiger partial charge on any atom is -0.481 e. The number of halogens is 2. The Labute approximate surface area is 127 Å². The fraction of sp³-hybridized carbons (Fsp3) is 0.467. The first kappa shape index (κ1) is 15.3. The van der Waals surface area contributed by atoms with E-state index in [0.717, 1.165) is 0 Å². The summed E-state index contributed by atoms with van der Waals surface area (Å²) in [4.78, 5) is 24.1. The van der Waals surface area contributed by atoms with Gasteiger partial charge in [0, 0.05) is 11.5 Å². The van der Waals surface area contributed by atoms with Crippen LogP contribution in [0.3, 0.4) is 0 Å². The summed E-state index contributed by atoms with van der Waals surface area (Å²) >= 11 is 11.7. The van der Waals surface area contributed by atoms with Gasteiger partial charge in [-0.25, -0.2) is 0 Å². The lowest BCUT2D eigenvalue weighted by atomic mass is 9.75. The van der Waals surface area contributed by atoms with E-state index in [4.69, 9.17) is 23.2 Å². The molecule has 1 N–H and O–H groups in total. The third kappa shape index (κ3) is 2.23. The monoisotopic (exact) mass is 314 g/mol. The second kappa shape index (κ2) is 4.74. The summed E-state index contributed by atoms with van der Waals surface area (Å²) in [7, 11) is 0. The van der Waals surface area contributed by atoms with Gasteiger partial charge in [-0.3, -0.25) is 9.59 Å². The van der Waals surface area contributed by atoms with E-state index in [1.54, 1.807) is 12.1 Å². The second-order valence-electron chi connectivity index (χ2n) is 6.28. The summed E-state index contributed by atoms with van der Waals surface area (Å²) in [5.74, 6) is -1.60. The Kier molecular flexibility index (Phi) is 3.64. The van der Waals surface area contributed by atoms with Crippen molar-refractivity contribution >= 4 is 35.0 Å². The average Bonchev–Trinajstić information content (AvgIpc) is 3.07. The standard InChI is InChI=1S/C15H16Cl2O3/c1-14(2,3)15(13(19)20)7-9(15)12(18)8-4-5-10(16)11(17)6-8/h4-6,9H,7H2,1-3H3,(H,19,20). The van der Waals surface area contributed by atoms with E-state index in [-0.39, 0.29) is 5.78 Å². The molecule has 3 nitrogen and oxygen atoms in total. The smallest absolute Gasteiger partial charge is 0.310 e. The molecule has 20 heavy (non-hydrogen) atoms. The third-order valence-electron chi connectivity index (χ3n) is 4.20. The Hall–Kier alpha value is -1.06. The molecule has 1 aliphatic rings. The Balaban J connectivity index is 2.32. The first-order valence-electron chi connectivity index (χ1n) is 6.34. The topological polar surface area (TPSA) is 54.4 Å². The van der Waals surface area contributed by atoms with Crippen LogP contribution in [-0.4, -0.2) is 16.9 Å². The van der Waals surface area contributed by atoms with Gasteiger partial charge < -0.3 is 5.11 Å². The minimum atomic E-state index is -0.990. The summed E-state index contributed by atoms with van der Waals surface area (Å²) in [6.45, 7) is 5.55. The predicted octanol–water partition coefficient (Wildman–Crippen LogP) is 4.31. The number of carbonyl (C=O) groups is 2. The summed E-state index contributed by atoms with van der Waals surface area (Å²) in [6, 6.07) is 4.64. The van der Waals surface area contributed by atoms with Crippen molar-refractivity contribution in [3.05, 3.63) is 33.8 Å². The van der Waals surface area contributed by atoms with Gasteiger partial charge in [0.1, 0.15) is 0 Å².